The Bertz CT molecular complexity index is 388. The van der Waals surface area contributed by atoms with Crippen LogP contribution in [-0.2, 0) is 4.74 Å². The van der Waals surface area contributed by atoms with E-state index in [1.165, 1.54) is 24.1 Å². The second-order valence-electron chi connectivity index (χ2n) is 4.95. The lowest BCUT2D eigenvalue weighted by molar-refractivity contribution is -0.00755. The molecule has 1 aliphatic heterocycles. The molecular formula is C13H20Br2N2OS. The highest BCUT2D eigenvalue weighted by atomic mass is 79.9. The molecule has 1 fully saturated rings. The van der Waals surface area contributed by atoms with Gasteiger partial charge in [-0.25, -0.2) is 0 Å². The van der Waals surface area contributed by atoms with Gasteiger partial charge in [-0.3, -0.25) is 4.90 Å². The fourth-order valence-corrected chi connectivity index (χ4v) is 4.71. The maximum atomic E-state index is 5.96. The predicted molar refractivity (Wildman–Crippen MR) is 87.7 cm³/mol. The van der Waals surface area contributed by atoms with Crippen LogP contribution in [0.5, 0.6) is 0 Å². The molecule has 0 spiro atoms. The van der Waals surface area contributed by atoms with Crippen molar-refractivity contribution in [1.82, 2.24) is 4.90 Å². The summed E-state index contributed by atoms with van der Waals surface area (Å²) < 4.78 is 8.04. The maximum absolute atomic E-state index is 5.96. The van der Waals surface area contributed by atoms with Gasteiger partial charge in [0.05, 0.1) is 15.9 Å². The van der Waals surface area contributed by atoms with Crippen molar-refractivity contribution in [1.29, 1.82) is 0 Å². The molecule has 1 aromatic heterocycles. The number of nitrogens with two attached hydrogens (primary N) is 1. The first-order valence-corrected chi connectivity index (χ1v) is 8.98. The maximum Gasteiger partial charge on any atom is 0.0843 e. The summed E-state index contributed by atoms with van der Waals surface area (Å²) in [5, 5.41) is 0. The number of likely N-dealkylation sites (N-methyl/N-ethyl adjacent to an activating group) is 1. The molecule has 0 amide bonds. The zero-order chi connectivity index (χ0) is 13.8. The van der Waals surface area contributed by atoms with Crippen LogP contribution in [0.15, 0.2) is 14.3 Å². The van der Waals surface area contributed by atoms with Gasteiger partial charge in [0.15, 0.2) is 0 Å². The largest absolute Gasteiger partial charge is 0.377 e. The van der Waals surface area contributed by atoms with Crippen molar-refractivity contribution in [2.24, 2.45) is 5.73 Å². The Morgan fingerprint density at radius 2 is 2.32 bits per heavy atom. The molecule has 0 radical (unpaired) electrons. The molecule has 2 unspecified atom stereocenters. The zero-order valence-electron chi connectivity index (χ0n) is 11.1. The van der Waals surface area contributed by atoms with Crippen molar-refractivity contribution < 1.29 is 4.74 Å². The minimum atomic E-state index is 0.262. The quantitative estimate of drug-likeness (QED) is 0.801. The first kappa shape index (κ1) is 15.9. The molecule has 19 heavy (non-hydrogen) atoms. The van der Waals surface area contributed by atoms with Crippen LogP contribution in [0.1, 0.15) is 30.2 Å². The van der Waals surface area contributed by atoms with E-state index in [0.717, 1.165) is 21.4 Å². The lowest BCUT2D eigenvalue weighted by atomic mass is 10.1. The first-order chi connectivity index (χ1) is 9.11. The molecular weight excluding hydrogens is 392 g/mol. The standard InChI is InChI=1S/C13H20Br2N2OS/c1-17(8-9-4-2-3-5-18-9)11(7-16)12-6-10(14)13(15)19-12/h6,9,11H,2-5,7-8,16H2,1H3. The fraction of sp³-hybridized carbons (Fsp3) is 0.692. The van der Waals surface area contributed by atoms with Crippen molar-refractivity contribution in [3.8, 4) is 0 Å². The lowest BCUT2D eigenvalue weighted by Crippen LogP contribution is -2.38. The number of thiophene rings is 1. The average molecular weight is 412 g/mol. The Morgan fingerprint density at radius 1 is 1.53 bits per heavy atom. The lowest BCUT2D eigenvalue weighted by Gasteiger charge is -2.31. The third kappa shape index (κ3) is 4.25. The van der Waals surface area contributed by atoms with Crippen LogP contribution in [0.25, 0.3) is 0 Å². The number of nitrogens with zero attached hydrogens (tertiary/aromatic N) is 1. The number of hydrogen-bond donors (Lipinski definition) is 1. The van der Waals surface area contributed by atoms with Gasteiger partial charge in [-0.05, 0) is 64.2 Å². The van der Waals surface area contributed by atoms with E-state index in [0.29, 0.717) is 12.6 Å². The Labute approximate surface area is 135 Å². The van der Waals surface area contributed by atoms with Gasteiger partial charge in [0, 0.05) is 29.0 Å². The highest BCUT2D eigenvalue weighted by molar-refractivity contribution is 9.13. The molecule has 1 aromatic rings. The SMILES string of the molecule is CN(CC1CCCCO1)C(CN)c1cc(Br)c(Br)s1. The number of ether oxygens (including phenoxy) is 1. The fourth-order valence-electron chi connectivity index (χ4n) is 2.44. The normalized spacial score (nSPS) is 21.8. The van der Waals surface area contributed by atoms with E-state index in [1.807, 2.05) is 0 Å². The van der Waals surface area contributed by atoms with E-state index in [1.54, 1.807) is 11.3 Å². The summed E-state index contributed by atoms with van der Waals surface area (Å²) in [4.78, 5) is 3.61. The monoisotopic (exact) mass is 410 g/mol. The van der Waals surface area contributed by atoms with Crippen LogP contribution in [0.2, 0.25) is 0 Å². The van der Waals surface area contributed by atoms with E-state index in [-0.39, 0.29) is 6.04 Å². The van der Waals surface area contributed by atoms with Crippen molar-refractivity contribution in [2.45, 2.75) is 31.4 Å². The number of hydrogen-bond acceptors (Lipinski definition) is 4. The van der Waals surface area contributed by atoms with Gasteiger partial charge in [0.2, 0.25) is 0 Å². The van der Waals surface area contributed by atoms with E-state index in [9.17, 15) is 0 Å². The highest BCUT2D eigenvalue weighted by Gasteiger charge is 2.23. The van der Waals surface area contributed by atoms with Crippen LogP contribution in [0.3, 0.4) is 0 Å². The van der Waals surface area contributed by atoms with Gasteiger partial charge in [-0.2, -0.15) is 0 Å². The third-order valence-electron chi connectivity index (χ3n) is 3.51. The van der Waals surface area contributed by atoms with E-state index < -0.39 is 0 Å². The summed E-state index contributed by atoms with van der Waals surface area (Å²) in [5.41, 5.74) is 5.96. The zero-order valence-corrected chi connectivity index (χ0v) is 15.1. The summed E-state index contributed by atoms with van der Waals surface area (Å²) in [6.07, 6.45) is 4.01. The van der Waals surface area contributed by atoms with Crippen molar-refractivity contribution in [3.63, 3.8) is 0 Å². The smallest absolute Gasteiger partial charge is 0.0843 e. The second kappa shape index (κ2) is 7.52. The molecule has 0 aliphatic carbocycles. The summed E-state index contributed by atoms with van der Waals surface area (Å²) in [6.45, 7) is 2.49. The molecule has 2 heterocycles. The van der Waals surface area contributed by atoms with E-state index in [4.69, 9.17) is 10.5 Å². The van der Waals surface area contributed by atoms with Crippen LogP contribution in [0, 0.1) is 0 Å². The molecule has 0 bridgehead atoms. The van der Waals surface area contributed by atoms with Crippen molar-refractivity contribution in [2.75, 3.05) is 26.7 Å². The van der Waals surface area contributed by atoms with Gasteiger partial charge < -0.3 is 10.5 Å². The van der Waals surface area contributed by atoms with Gasteiger partial charge in [0.1, 0.15) is 0 Å². The molecule has 1 aliphatic rings. The minimum Gasteiger partial charge on any atom is -0.377 e. The molecule has 2 atom stereocenters. The molecule has 108 valence electrons. The van der Waals surface area contributed by atoms with Gasteiger partial charge in [-0.1, -0.05) is 0 Å². The van der Waals surface area contributed by atoms with Crippen molar-refractivity contribution >= 4 is 43.2 Å². The molecule has 1 saturated heterocycles. The summed E-state index contributed by atoms with van der Waals surface area (Å²) in [6, 6.07) is 2.42. The Hall–Kier alpha value is 0.540. The summed E-state index contributed by atoms with van der Waals surface area (Å²) in [7, 11) is 2.14. The highest BCUT2D eigenvalue weighted by Crippen LogP contribution is 2.37. The topological polar surface area (TPSA) is 38.5 Å². The Kier molecular flexibility index (Phi) is 6.30. The Balaban J connectivity index is 1.99. The molecule has 3 nitrogen and oxygen atoms in total. The van der Waals surface area contributed by atoms with Crippen LogP contribution in [-0.4, -0.2) is 37.7 Å². The third-order valence-corrected chi connectivity index (χ3v) is 6.87. The second-order valence-corrected chi connectivity index (χ2v) is 8.21. The molecule has 0 saturated carbocycles. The molecule has 0 aromatic carbocycles. The van der Waals surface area contributed by atoms with E-state index in [2.05, 4.69) is 49.9 Å². The van der Waals surface area contributed by atoms with Crippen LogP contribution < -0.4 is 5.73 Å². The van der Waals surface area contributed by atoms with Gasteiger partial charge >= 0.3 is 0 Å². The molecule has 6 heteroatoms. The van der Waals surface area contributed by atoms with E-state index >= 15 is 0 Å². The van der Waals surface area contributed by atoms with Crippen LogP contribution >= 0.6 is 43.2 Å². The molecule has 2 N–H and O–H groups in total. The minimum absolute atomic E-state index is 0.262. The average Bonchev–Trinajstić information content (AvgIpc) is 2.71. The Morgan fingerprint density at radius 3 is 2.84 bits per heavy atom. The summed E-state index contributed by atoms with van der Waals surface area (Å²) in [5.74, 6) is 0. The molecule has 2 rings (SSSR count). The van der Waals surface area contributed by atoms with Gasteiger partial charge in [0.25, 0.3) is 0 Å². The van der Waals surface area contributed by atoms with Crippen LogP contribution in [0.4, 0.5) is 0 Å². The van der Waals surface area contributed by atoms with Gasteiger partial charge in [-0.15, -0.1) is 11.3 Å². The van der Waals surface area contributed by atoms with Crippen molar-refractivity contribution in [3.05, 3.63) is 19.2 Å². The first-order valence-electron chi connectivity index (χ1n) is 6.58. The number of rotatable bonds is 5. The predicted octanol–water partition coefficient (Wildman–Crippen LogP) is 3.77. The number of halogens is 2. The summed E-state index contributed by atoms with van der Waals surface area (Å²) >= 11 is 8.83.